The van der Waals surface area contributed by atoms with Crippen LogP contribution in [-0.4, -0.2) is 33.9 Å². The van der Waals surface area contributed by atoms with Gasteiger partial charge in [0.15, 0.2) is 4.34 Å². The highest BCUT2D eigenvalue weighted by Crippen LogP contribution is 2.25. The van der Waals surface area contributed by atoms with E-state index in [0.717, 1.165) is 41.7 Å². The molecule has 0 radical (unpaired) electrons. The summed E-state index contributed by atoms with van der Waals surface area (Å²) in [6, 6.07) is 0. The highest BCUT2D eigenvalue weighted by Gasteiger charge is 2.25. The molecule has 0 fully saturated rings. The minimum absolute atomic E-state index is 0.0673. The Morgan fingerprint density at radius 2 is 2.09 bits per heavy atom. The molecule has 1 aromatic rings. The number of unbranched alkanes of at least 4 members (excludes halogenated alkanes) is 1. The summed E-state index contributed by atoms with van der Waals surface area (Å²) in [4.78, 5) is 12.0. The fourth-order valence-corrected chi connectivity index (χ4v) is 3.39. The Morgan fingerprint density at radius 3 is 2.68 bits per heavy atom. The van der Waals surface area contributed by atoms with Crippen molar-refractivity contribution in [3.63, 3.8) is 0 Å². The Balaban J connectivity index is 2.43. The largest absolute Gasteiger partial charge is 0.360 e. The molecule has 5 nitrogen and oxygen atoms in total. The minimum Gasteiger partial charge on any atom is -0.360 e. The number of carbonyl (C=O) groups excluding carboxylic acids is 1. The Bertz CT molecular complexity index is 506. The van der Waals surface area contributed by atoms with Gasteiger partial charge in [-0.25, -0.2) is 0 Å². The Morgan fingerprint density at radius 1 is 1.36 bits per heavy atom. The number of carbonyl (C=O) groups is 1. The number of nitrogens with zero attached hydrogens (tertiary/aromatic N) is 2. The minimum atomic E-state index is -0.536. The molecule has 0 spiro atoms. The molecule has 0 aromatic carbocycles. The average Bonchev–Trinajstić information content (AvgIpc) is 2.99. The summed E-state index contributed by atoms with van der Waals surface area (Å²) in [5.41, 5.74) is -0.536. The number of nitrogens with one attached hydrogen (secondary N) is 2. The maximum absolute atomic E-state index is 12.0. The molecule has 22 heavy (non-hydrogen) atoms. The van der Waals surface area contributed by atoms with Crippen molar-refractivity contribution in [2.24, 2.45) is 0 Å². The average molecular weight is 341 g/mol. The van der Waals surface area contributed by atoms with Gasteiger partial charge in [0.25, 0.3) is 0 Å². The van der Waals surface area contributed by atoms with Gasteiger partial charge in [0, 0.05) is 6.54 Å². The second-order valence-electron chi connectivity index (χ2n) is 4.92. The van der Waals surface area contributed by atoms with Crippen LogP contribution in [0.1, 0.15) is 46.5 Å². The standard InChI is InChI=1S/C15H24N4OS2/c1-5-9-10-16-13-18-19-14(22-13)21-11-12(20)17-15(6-2,7-3)8-4/h2H,5,7-11H2,1,3-4H3,(H,16,18)(H,17,20). The quantitative estimate of drug-likeness (QED) is 0.389. The van der Waals surface area contributed by atoms with E-state index in [1.165, 1.54) is 23.1 Å². The van der Waals surface area contributed by atoms with Crippen LogP contribution in [-0.2, 0) is 4.79 Å². The summed E-state index contributed by atoms with van der Waals surface area (Å²) in [7, 11) is 0. The number of amides is 1. The van der Waals surface area contributed by atoms with Crippen LogP contribution in [0.2, 0.25) is 0 Å². The second-order valence-corrected chi connectivity index (χ2v) is 7.12. The number of aromatic nitrogens is 2. The summed E-state index contributed by atoms with van der Waals surface area (Å²) in [6.07, 6.45) is 9.23. The van der Waals surface area contributed by atoms with Gasteiger partial charge >= 0.3 is 0 Å². The van der Waals surface area contributed by atoms with Gasteiger partial charge in [-0.3, -0.25) is 4.79 Å². The van der Waals surface area contributed by atoms with Crippen LogP contribution in [0.4, 0.5) is 5.13 Å². The summed E-state index contributed by atoms with van der Waals surface area (Å²) in [6.45, 7) is 7.00. The van der Waals surface area contributed by atoms with E-state index in [0.29, 0.717) is 5.75 Å². The van der Waals surface area contributed by atoms with Gasteiger partial charge in [-0.1, -0.05) is 56.2 Å². The SMILES string of the molecule is C#CC(CC)(CC)NC(=O)CSc1nnc(NCCCC)s1. The second kappa shape index (κ2) is 9.70. The first-order chi connectivity index (χ1) is 10.6. The lowest BCUT2D eigenvalue weighted by molar-refractivity contribution is -0.119. The fraction of sp³-hybridized carbons (Fsp3) is 0.667. The topological polar surface area (TPSA) is 66.9 Å². The van der Waals surface area contributed by atoms with Gasteiger partial charge in [-0.2, -0.15) is 0 Å². The molecule has 0 saturated heterocycles. The van der Waals surface area contributed by atoms with Crippen molar-refractivity contribution in [1.82, 2.24) is 15.5 Å². The zero-order valence-corrected chi connectivity index (χ0v) is 15.1. The van der Waals surface area contributed by atoms with E-state index in [2.05, 4.69) is 33.7 Å². The van der Waals surface area contributed by atoms with Crippen LogP contribution >= 0.6 is 23.1 Å². The van der Waals surface area contributed by atoms with E-state index in [9.17, 15) is 4.79 Å². The molecule has 0 bridgehead atoms. The summed E-state index contributed by atoms with van der Waals surface area (Å²) < 4.78 is 0.786. The van der Waals surface area contributed by atoms with Crippen LogP contribution < -0.4 is 10.6 Å². The third-order valence-electron chi connectivity index (χ3n) is 3.40. The van der Waals surface area contributed by atoms with Gasteiger partial charge in [-0.05, 0) is 19.3 Å². The Hall–Kier alpha value is -1.26. The van der Waals surface area contributed by atoms with E-state index < -0.39 is 5.54 Å². The van der Waals surface area contributed by atoms with Gasteiger partial charge < -0.3 is 10.6 Å². The van der Waals surface area contributed by atoms with Crippen molar-refractivity contribution >= 4 is 34.1 Å². The number of terminal acetylenes is 1. The van der Waals surface area contributed by atoms with Crippen molar-refractivity contribution < 1.29 is 4.79 Å². The van der Waals surface area contributed by atoms with Gasteiger partial charge in [0.2, 0.25) is 11.0 Å². The number of anilines is 1. The molecule has 0 saturated carbocycles. The molecule has 2 N–H and O–H groups in total. The molecule has 0 aliphatic rings. The molecule has 1 amide bonds. The first-order valence-electron chi connectivity index (χ1n) is 7.58. The normalized spacial score (nSPS) is 11.0. The third kappa shape index (κ3) is 5.85. The predicted octanol–water partition coefficient (Wildman–Crippen LogP) is 3.15. The molecule has 0 unspecified atom stereocenters. The van der Waals surface area contributed by atoms with E-state index in [4.69, 9.17) is 6.42 Å². The van der Waals surface area contributed by atoms with Gasteiger partial charge in [-0.15, -0.1) is 16.6 Å². The monoisotopic (exact) mass is 340 g/mol. The molecule has 0 aliphatic carbocycles. The van der Waals surface area contributed by atoms with Gasteiger partial charge in [0.1, 0.15) is 5.54 Å². The predicted molar refractivity (Wildman–Crippen MR) is 94.3 cm³/mol. The smallest absolute Gasteiger partial charge is 0.231 e. The number of hydrogen-bond acceptors (Lipinski definition) is 6. The molecular formula is C15H24N4OS2. The number of thioether (sulfide) groups is 1. The molecule has 1 rings (SSSR count). The lowest BCUT2D eigenvalue weighted by atomic mass is 9.94. The van der Waals surface area contributed by atoms with Crippen molar-refractivity contribution in [3.8, 4) is 12.3 Å². The lowest BCUT2D eigenvalue weighted by Crippen LogP contribution is -2.47. The maximum Gasteiger partial charge on any atom is 0.231 e. The van der Waals surface area contributed by atoms with E-state index >= 15 is 0 Å². The molecule has 0 atom stereocenters. The molecule has 122 valence electrons. The summed E-state index contributed by atoms with van der Waals surface area (Å²) in [5.74, 6) is 2.93. The highest BCUT2D eigenvalue weighted by molar-refractivity contribution is 8.01. The lowest BCUT2D eigenvalue weighted by Gasteiger charge is -2.26. The van der Waals surface area contributed by atoms with E-state index in [-0.39, 0.29) is 5.91 Å². The number of hydrogen-bond donors (Lipinski definition) is 2. The molecular weight excluding hydrogens is 316 g/mol. The van der Waals surface area contributed by atoms with Gasteiger partial charge in [0.05, 0.1) is 5.75 Å². The fourth-order valence-electron chi connectivity index (χ4n) is 1.81. The molecule has 7 heteroatoms. The Labute approximate surface area is 141 Å². The van der Waals surface area contributed by atoms with E-state index in [1.54, 1.807) is 0 Å². The maximum atomic E-state index is 12.0. The van der Waals surface area contributed by atoms with Crippen molar-refractivity contribution in [3.05, 3.63) is 0 Å². The van der Waals surface area contributed by atoms with Crippen LogP contribution in [0, 0.1) is 12.3 Å². The number of rotatable bonds is 10. The van der Waals surface area contributed by atoms with Crippen molar-refractivity contribution in [2.75, 3.05) is 17.6 Å². The van der Waals surface area contributed by atoms with Crippen LogP contribution in [0.5, 0.6) is 0 Å². The first-order valence-corrected chi connectivity index (χ1v) is 9.38. The third-order valence-corrected chi connectivity index (χ3v) is 5.42. The molecule has 1 heterocycles. The van der Waals surface area contributed by atoms with Crippen molar-refractivity contribution in [2.45, 2.75) is 56.3 Å². The molecule has 1 aromatic heterocycles. The zero-order valence-electron chi connectivity index (χ0n) is 13.4. The molecule has 0 aliphatic heterocycles. The highest BCUT2D eigenvalue weighted by atomic mass is 32.2. The summed E-state index contributed by atoms with van der Waals surface area (Å²) in [5, 5.41) is 15.1. The van der Waals surface area contributed by atoms with Crippen LogP contribution in [0.25, 0.3) is 0 Å². The Kier molecular flexibility index (Phi) is 8.28. The first kappa shape index (κ1) is 18.8. The summed E-state index contributed by atoms with van der Waals surface area (Å²) >= 11 is 2.85. The van der Waals surface area contributed by atoms with Crippen LogP contribution in [0.15, 0.2) is 4.34 Å². The van der Waals surface area contributed by atoms with E-state index in [1.807, 2.05) is 13.8 Å². The van der Waals surface area contributed by atoms with Crippen LogP contribution in [0.3, 0.4) is 0 Å². The van der Waals surface area contributed by atoms with Crippen molar-refractivity contribution in [1.29, 1.82) is 0 Å². The zero-order chi connectivity index (χ0) is 16.4.